The summed E-state index contributed by atoms with van der Waals surface area (Å²) in [6.07, 6.45) is 0.576. The fraction of sp³-hybridized carbons (Fsp3) is 0.571. The Kier molecular flexibility index (Phi) is 7.66. The van der Waals surface area contributed by atoms with Gasteiger partial charge < -0.3 is 14.6 Å². The zero-order chi connectivity index (χ0) is 15.7. The Morgan fingerprint density at radius 1 is 1.19 bits per heavy atom. The van der Waals surface area contributed by atoms with Crippen LogP contribution in [0.3, 0.4) is 0 Å². The van der Waals surface area contributed by atoms with E-state index >= 15 is 0 Å². The van der Waals surface area contributed by atoms with Gasteiger partial charge in [0, 0.05) is 26.8 Å². The first kappa shape index (κ1) is 17.9. The van der Waals surface area contributed by atoms with Crippen LogP contribution in [0.4, 0.5) is 0 Å². The molecule has 1 rings (SSSR count). The number of methoxy groups -OCH3 is 1. The number of hydrogen-bond acceptors (Lipinski definition) is 5. The zero-order valence-electron chi connectivity index (χ0n) is 12.5. The van der Waals surface area contributed by atoms with Crippen LogP contribution in [0.25, 0.3) is 0 Å². The second-order valence-electron chi connectivity index (χ2n) is 4.38. The van der Waals surface area contributed by atoms with E-state index in [-0.39, 0.29) is 18.0 Å². The first-order chi connectivity index (χ1) is 10.1. The van der Waals surface area contributed by atoms with Gasteiger partial charge in [0.15, 0.2) is 0 Å². The van der Waals surface area contributed by atoms with Crippen molar-refractivity contribution in [1.29, 1.82) is 0 Å². The fourth-order valence-electron chi connectivity index (χ4n) is 1.87. The van der Waals surface area contributed by atoms with E-state index in [1.165, 1.54) is 16.4 Å². The minimum Gasteiger partial charge on any atom is -0.494 e. The summed E-state index contributed by atoms with van der Waals surface area (Å²) in [5.74, 6) is 0.629. The molecule has 0 aliphatic carbocycles. The molecular formula is C14H23NO5S. The lowest BCUT2D eigenvalue weighted by Crippen LogP contribution is -2.34. The van der Waals surface area contributed by atoms with Crippen LogP contribution in [0, 0.1) is 0 Å². The van der Waals surface area contributed by atoms with E-state index in [2.05, 4.69) is 0 Å². The highest BCUT2D eigenvalue weighted by Crippen LogP contribution is 2.19. The molecule has 1 aromatic rings. The first-order valence-electron chi connectivity index (χ1n) is 6.89. The second-order valence-corrected chi connectivity index (χ2v) is 6.32. The summed E-state index contributed by atoms with van der Waals surface area (Å²) in [4.78, 5) is 0.191. The number of hydrogen-bond donors (Lipinski definition) is 1. The van der Waals surface area contributed by atoms with Gasteiger partial charge in [-0.2, -0.15) is 4.31 Å². The molecule has 0 bridgehead atoms. The molecule has 6 nitrogen and oxygen atoms in total. The van der Waals surface area contributed by atoms with E-state index in [1.54, 1.807) is 19.2 Å². The van der Waals surface area contributed by atoms with Crippen LogP contribution in [-0.2, 0) is 14.8 Å². The molecule has 0 aromatic heterocycles. The third kappa shape index (κ3) is 5.28. The molecule has 0 unspecified atom stereocenters. The second kappa shape index (κ2) is 8.99. The van der Waals surface area contributed by atoms with E-state index in [0.717, 1.165) is 0 Å². The van der Waals surface area contributed by atoms with Gasteiger partial charge in [-0.1, -0.05) is 0 Å². The summed E-state index contributed by atoms with van der Waals surface area (Å²) >= 11 is 0. The van der Waals surface area contributed by atoms with Crippen LogP contribution in [0.15, 0.2) is 29.2 Å². The van der Waals surface area contributed by atoms with Gasteiger partial charge in [-0.15, -0.1) is 0 Å². The van der Waals surface area contributed by atoms with Gasteiger partial charge in [0.25, 0.3) is 0 Å². The Bertz CT molecular complexity index is 501. The van der Waals surface area contributed by atoms with Crippen molar-refractivity contribution in [1.82, 2.24) is 4.31 Å². The van der Waals surface area contributed by atoms with Crippen molar-refractivity contribution in [3.63, 3.8) is 0 Å². The van der Waals surface area contributed by atoms with Crippen molar-refractivity contribution in [2.24, 2.45) is 0 Å². The van der Waals surface area contributed by atoms with Crippen LogP contribution < -0.4 is 4.74 Å². The molecule has 1 aromatic carbocycles. The molecule has 0 heterocycles. The summed E-state index contributed by atoms with van der Waals surface area (Å²) in [6, 6.07) is 6.29. The molecule has 0 saturated carbocycles. The van der Waals surface area contributed by atoms with Crippen LogP contribution in [-0.4, -0.2) is 57.8 Å². The lowest BCUT2D eigenvalue weighted by molar-refractivity contribution is 0.182. The number of ether oxygens (including phenoxy) is 2. The smallest absolute Gasteiger partial charge is 0.243 e. The Morgan fingerprint density at radius 2 is 1.86 bits per heavy atom. The van der Waals surface area contributed by atoms with Crippen molar-refractivity contribution in [2.45, 2.75) is 18.2 Å². The van der Waals surface area contributed by atoms with Crippen molar-refractivity contribution >= 4 is 10.0 Å². The summed E-state index contributed by atoms with van der Waals surface area (Å²) in [7, 11) is -2.05. The highest BCUT2D eigenvalue weighted by atomic mass is 32.2. The maximum atomic E-state index is 12.5. The van der Waals surface area contributed by atoms with Gasteiger partial charge in [-0.25, -0.2) is 8.42 Å². The maximum absolute atomic E-state index is 12.5. The number of nitrogens with zero attached hydrogens (tertiary/aromatic N) is 1. The molecule has 7 heteroatoms. The Hall–Kier alpha value is -1.15. The van der Waals surface area contributed by atoms with E-state index in [0.29, 0.717) is 31.9 Å². The van der Waals surface area contributed by atoms with Gasteiger partial charge >= 0.3 is 0 Å². The highest BCUT2D eigenvalue weighted by Gasteiger charge is 2.23. The van der Waals surface area contributed by atoms with Gasteiger partial charge in [-0.3, -0.25) is 0 Å². The Labute approximate surface area is 126 Å². The van der Waals surface area contributed by atoms with Crippen molar-refractivity contribution in [2.75, 3.05) is 40.0 Å². The number of aliphatic hydroxyl groups is 1. The fourth-order valence-corrected chi connectivity index (χ4v) is 3.34. The molecule has 21 heavy (non-hydrogen) atoms. The summed E-state index contributed by atoms with van der Waals surface area (Å²) in [5.41, 5.74) is 0. The predicted molar refractivity (Wildman–Crippen MR) is 79.9 cm³/mol. The third-order valence-electron chi connectivity index (χ3n) is 2.88. The SMILES string of the molecule is CCOc1ccc(S(=O)(=O)N(CCO)CCCOC)cc1. The molecule has 0 saturated heterocycles. The molecule has 0 spiro atoms. The third-order valence-corrected chi connectivity index (χ3v) is 4.79. The number of sulfonamides is 1. The topological polar surface area (TPSA) is 76.1 Å². The molecule has 0 aliphatic rings. The summed E-state index contributed by atoms with van der Waals surface area (Å²) in [6.45, 7) is 3.02. The monoisotopic (exact) mass is 317 g/mol. The standard InChI is InChI=1S/C14H23NO5S/c1-3-20-13-5-7-14(8-6-13)21(17,18)15(10-11-16)9-4-12-19-2/h5-8,16H,3-4,9-12H2,1-2H3. The van der Waals surface area contributed by atoms with Crippen molar-refractivity contribution < 1.29 is 23.0 Å². The minimum absolute atomic E-state index is 0.0687. The summed E-state index contributed by atoms with van der Waals surface area (Å²) in [5, 5.41) is 9.06. The average Bonchev–Trinajstić information content (AvgIpc) is 2.47. The highest BCUT2D eigenvalue weighted by molar-refractivity contribution is 7.89. The van der Waals surface area contributed by atoms with Gasteiger partial charge in [0.2, 0.25) is 10.0 Å². The van der Waals surface area contributed by atoms with Crippen molar-refractivity contribution in [3.8, 4) is 5.75 Å². The van der Waals surface area contributed by atoms with E-state index in [9.17, 15) is 8.42 Å². The van der Waals surface area contributed by atoms with E-state index in [4.69, 9.17) is 14.6 Å². The van der Waals surface area contributed by atoms with E-state index < -0.39 is 10.0 Å². The van der Waals surface area contributed by atoms with Crippen LogP contribution in [0.1, 0.15) is 13.3 Å². The lowest BCUT2D eigenvalue weighted by Gasteiger charge is -2.21. The van der Waals surface area contributed by atoms with E-state index in [1.807, 2.05) is 6.92 Å². The maximum Gasteiger partial charge on any atom is 0.243 e. The van der Waals surface area contributed by atoms with Gasteiger partial charge in [0.05, 0.1) is 18.1 Å². The molecule has 0 radical (unpaired) electrons. The van der Waals surface area contributed by atoms with Crippen LogP contribution >= 0.6 is 0 Å². The Morgan fingerprint density at radius 3 is 2.38 bits per heavy atom. The van der Waals surface area contributed by atoms with Gasteiger partial charge in [-0.05, 0) is 37.6 Å². The molecule has 0 fully saturated rings. The molecule has 120 valence electrons. The number of aliphatic hydroxyl groups excluding tert-OH is 1. The zero-order valence-corrected chi connectivity index (χ0v) is 13.3. The first-order valence-corrected chi connectivity index (χ1v) is 8.33. The largest absolute Gasteiger partial charge is 0.494 e. The normalized spacial score (nSPS) is 11.8. The minimum atomic E-state index is -3.61. The molecule has 0 aliphatic heterocycles. The molecular weight excluding hydrogens is 294 g/mol. The molecule has 0 atom stereocenters. The molecule has 0 amide bonds. The molecule has 1 N–H and O–H groups in total. The Balaban J connectivity index is 2.87. The van der Waals surface area contributed by atoms with Crippen LogP contribution in [0.2, 0.25) is 0 Å². The lowest BCUT2D eigenvalue weighted by atomic mass is 10.3. The predicted octanol–water partition coefficient (Wildman–Crippen LogP) is 1.10. The van der Waals surface area contributed by atoms with Gasteiger partial charge in [0.1, 0.15) is 5.75 Å². The number of rotatable bonds is 10. The quantitative estimate of drug-likeness (QED) is 0.654. The number of benzene rings is 1. The summed E-state index contributed by atoms with van der Waals surface area (Å²) < 4.78 is 36.5. The van der Waals surface area contributed by atoms with Crippen LogP contribution in [0.5, 0.6) is 5.75 Å². The van der Waals surface area contributed by atoms with Crippen molar-refractivity contribution in [3.05, 3.63) is 24.3 Å². The average molecular weight is 317 g/mol.